The van der Waals surface area contributed by atoms with Crippen molar-refractivity contribution >= 4 is 23.5 Å². The van der Waals surface area contributed by atoms with Gasteiger partial charge >= 0.3 is 5.97 Å². The number of carboxylic acids is 1. The third-order valence-corrected chi connectivity index (χ3v) is 4.83. The van der Waals surface area contributed by atoms with E-state index in [0.29, 0.717) is 11.6 Å². The Hall–Kier alpha value is -1.81. The second-order valence-electron chi connectivity index (χ2n) is 5.65. The molecule has 1 fully saturated rings. The first-order valence-electron chi connectivity index (χ1n) is 7.00. The van der Waals surface area contributed by atoms with Gasteiger partial charge in [-0.25, -0.2) is 0 Å². The van der Waals surface area contributed by atoms with Crippen LogP contribution in [0.15, 0.2) is 36.4 Å². The topological polar surface area (TPSA) is 66.4 Å². The fraction of sp³-hybridized carbons (Fsp3) is 0.375. The van der Waals surface area contributed by atoms with Gasteiger partial charge in [-0.3, -0.25) is 9.59 Å². The predicted molar refractivity (Wildman–Crippen MR) is 78.7 cm³/mol. The predicted octanol–water partition coefficient (Wildman–Crippen LogP) is 2.48. The number of carbonyl (C=O) groups is 2. The second-order valence-corrected chi connectivity index (χ2v) is 6.05. The molecule has 1 amide bonds. The second kappa shape index (κ2) is 5.53. The van der Waals surface area contributed by atoms with E-state index in [1.54, 1.807) is 6.07 Å². The summed E-state index contributed by atoms with van der Waals surface area (Å²) in [6, 6.07) is 7.30. The molecule has 2 aliphatic rings. The van der Waals surface area contributed by atoms with Crippen LogP contribution in [-0.4, -0.2) is 17.0 Å². The summed E-state index contributed by atoms with van der Waals surface area (Å²) in [5.74, 6) is -2.12. The van der Waals surface area contributed by atoms with E-state index in [2.05, 4.69) is 5.32 Å². The van der Waals surface area contributed by atoms with Crippen molar-refractivity contribution in [2.75, 3.05) is 0 Å². The highest BCUT2D eigenvalue weighted by Crippen LogP contribution is 2.48. The molecule has 4 nitrogen and oxygen atoms in total. The van der Waals surface area contributed by atoms with Crippen molar-refractivity contribution < 1.29 is 14.7 Å². The van der Waals surface area contributed by atoms with E-state index in [4.69, 9.17) is 11.6 Å². The first kappa shape index (κ1) is 14.1. The van der Waals surface area contributed by atoms with Gasteiger partial charge in [0.15, 0.2) is 0 Å². The molecule has 0 aromatic heterocycles. The molecule has 1 saturated carbocycles. The van der Waals surface area contributed by atoms with Crippen molar-refractivity contribution in [1.82, 2.24) is 5.32 Å². The summed E-state index contributed by atoms with van der Waals surface area (Å²) >= 11 is 6.05. The smallest absolute Gasteiger partial charge is 0.307 e. The van der Waals surface area contributed by atoms with Crippen LogP contribution in [0, 0.1) is 23.7 Å². The van der Waals surface area contributed by atoms with Gasteiger partial charge in [0.2, 0.25) is 5.91 Å². The number of hydrogen-bond acceptors (Lipinski definition) is 2. The minimum Gasteiger partial charge on any atom is -0.481 e. The van der Waals surface area contributed by atoms with Crippen molar-refractivity contribution in [3.05, 3.63) is 47.0 Å². The lowest BCUT2D eigenvalue weighted by molar-refractivity contribution is -0.147. The van der Waals surface area contributed by atoms with Gasteiger partial charge < -0.3 is 10.4 Å². The Kier molecular flexibility index (Phi) is 3.72. The molecule has 4 atom stereocenters. The molecular weight excluding hydrogens is 290 g/mol. The fourth-order valence-corrected chi connectivity index (χ4v) is 3.66. The monoisotopic (exact) mass is 305 g/mol. The van der Waals surface area contributed by atoms with E-state index in [9.17, 15) is 14.7 Å². The number of carbonyl (C=O) groups excluding carboxylic acids is 1. The van der Waals surface area contributed by atoms with Gasteiger partial charge in [-0.15, -0.1) is 0 Å². The van der Waals surface area contributed by atoms with E-state index in [1.807, 2.05) is 30.4 Å². The molecule has 21 heavy (non-hydrogen) atoms. The average Bonchev–Trinajstić information content (AvgIpc) is 3.06. The van der Waals surface area contributed by atoms with Crippen LogP contribution in [0.3, 0.4) is 0 Å². The lowest BCUT2D eigenvalue weighted by atomic mass is 9.82. The Morgan fingerprint density at radius 2 is 1.86 bits per heavy atom. The molecule has 5 heteroatoms. The minimum absolute atomic E-state index is 0.0106. The van der Waals surface area contributed by atoms with Gasteiger partial charge in [0, 0.05) is 11.6 Å². The highest BCUT2D eigenvalue weighted by Gasteiger charge is 2.51. The van der Waals surface area contributed by atoms with E-state index in [1.165, 1.54) is 0 Å². The first-order valence-corrected chi connectivity index (χ1v) is 7.38. The van der Waals surface area contributed by atoms with Gasteiger partial charge in [0.1, 0.15) is 0 Å². The summed E-state index contributed by atoms with van der Waals surface area (Å²) in [5, 5.41) is 12.8. The SMILES string of the molecule is O=C(NCc1ccccc1Cl)[C@@H]1[C@@H](C(=O)O)[C@H]2C=C[C@@H]1C2. The summed E-state index contributed by atoms with van der Waals surface area (Å²) in [4.78, 5) is 23.8. The molecular formula is C16H16ClNO3. The Balaban J connectivity index is 1.69. The number of allylic oxidation sites excluding steroid dienone is 2. The van der Waals surface area contributed by atoms with Crippen LogP contribution in [0.25, 0.3) is 0 Å². The maximum atomic E-state index is 12.4. The zero-order valence-electron chi connectivity index (χ0n) is 11.3. The summed E-state index contributed by atoms with van der Waals surface area (Å²) in [7, 11) is 0. The number of aliphatic carboxylic acids is 1. The normalized spacial score (nSPS) is 29.6. The summed E-state index contributed by atoms with van der Waals surface area (Å²) < 4.78 is 0. The lowest BCUT2D eigenvalue weighted by Crippen LogP contribution is -2.39. The molecule has 0 unspecified atom stereocenters. The number of rotatable bonds is 4. The van der Waals surface area contributed by atoms with Crippen molar-refractivity contribution in [2.45, 2.75) is 13.0 Å². The molecule has 1 aromatic carbocycles. The molecule has 110 valence electrons. The number of benzene rings is 1. The molecule has 2 N–H and O–H groups in total. The quantitative estimate of drug-likeness (QED) is 0.840. The summed E-state index contributed by atoms with van der Waals surface area (Å²) in [5.41, 5.74) is 0.832. The third-order valence-electron chi connectivity index (χ3n) is 4.46. The van der Waals surface area contributed by atoms with Crippen molar-refractivity contribution in [3.63, 3.8) is 0 Å². The molecule has 0 saturated heterocycles. The highest BCUT2D eigenvalue weighted by atomic mass is 35.5. The first-order chi connectivity index (χ1) is 10.1. The number of hydrogen-bond donors (Lipinski definition) is 2. The Morgan fingerprint density at radius 1 is 1.19 bits per heavy atom. The van der Waals surface area contributed by atoms with Gasteiger partial charge in [0.05, 0.1) is 11.8 Å². The molecule has 1 aromatic rings. The molecule has 2 aliphatic carbocycles. The van der Waals surface area contributed by atoms with Gasteiger partial charge in [-0.1, -0.05) is 42.0 Å². The minimum atomic E-state index is -0.884. The highest BCUT2D eigenvalue weighted by molar-refractivity contribution is 6.31. The van der Waals surface area contributed by atoms with Gasteiger partial charge in [0.25, 0.3) is 0 Å². The molecule has 0 aliphatic heterocycles. The van der Waals surface area contributed by atoms with Crippen LogP contribution in [0.1, 0.15) is 12.0 Å². The number of halogens is 1. The van der Waals surface area contributed by atoms with Crippen molar-refractivity contribution in [1.29, 1.82) is 0 Å². The maximum Gasteiger partial charge on any atom is 0.307 e. The zero-order chi connectivity index (χ0) is 15.0. The number of amides is 1. The van der Waals surface area contributed by atoms with Crippen LogP contribution in [0.5, 0.6) is 0 Å². The number of fused-ring (bicyclic) bond motifs is 2. The largest absolute Gasteiger partial charge is 0.481 e. The Morgan fingerprint density at radius 3 is 2.52 bits per heavy atom. The standard InChI is InChI=1S/C16H16ClNO3/c17-12-4-2-1-3-11(12)8-18-15(19)13-9-5-6-10(7-9)14(13)16(20)21/h1-6,9-10,13-14H,7-8H2,(H,18,19)(H,20,21)/t9-,10+,13+,14+/m1/s1. The molecule has 0 radical (unpaired) electrons. The van der Waals surface area contributed by atoms with E-state index >= 15 is 0 Å². The number of carboxylic acid groups (broad SMARTS) is 1. The average molecular weight is 306 g/mol. The van der Waals surface area contributed by atoms with Crippen molar-refractivity contribution in [3.8, 4) is 0 Å². The van der Waals surface area contributed by atoms with Crippen LogP contribution in [0.4, 0.5) is 0 Å². The summed E-state index contributed by atoms with van der Waals surface area (Å²) in [6.07, 6.45) is 4.67. The summed E-state index contributed by atoms with van der Waals surface area (Å²) in [6.45, 7) is 0.322. The fourth-order valence-electron chi connectivity index (χ4n) is 3.46. The number of nitrogens with one attached hydrogen (secondary N) is 1. The van der Waals surface area contributed by atoms with Crippen LogP contribution in [-0.2, 0) is 16.1 Å². The zero-order valence-corrected chi connectivity index (χ0v) is 12.1. The third kappa shape index (κ3) is 2.56. The van der Waals surface area contributed by atoms with Gasteiger partial charge in [-0.05, 0) is 29.9 Å². The maximum absolute atomic E-state index is 12.4. The Labute approximate surface area is 127 Å². The Bertz CT molecular complexity index is 613. The van der Waals surface area contributed by atoms with Crippen LogP contribution < -0.4 is 5.32 Å². The van der Waals surface area contributed by atoms with Crippen LogP contribution in [0.2, 0.25) is 5.02 Å². The van der Waals surface area contributed by atoms with E-state index in [-0.39, 0.29) is 17.7 Å². The van der Waals surface area contributed by atoms with Crippen molar-refractivity contribution in [2.24, 2.45) is 23.7 Å². The van der Waals surface area contributed by atoms with E-state index < -0.39 is 17.8 Å². The van der Waals surface area contributed by atoms with Crippen LogP contribution >= 0.6 is 11.6 Å². The molecule has 3 rings (SSSR count). The van der Waals surface area contributed by atoms with E-state index in [0.717, 1.165) is 12.0 Å². The molecule has 2 bridgehead atoms. The molecule has 0 heterocycles. The molecule has 0 spiro atoms. The van der Waals surface area contributed by atoms with Gasteiger partial charge in [-0.2, -0.15) is 0 Å². The lowest BCUT2D eigenvalue weighted by Gasteiger charge is -2.23.